The number of hydrogen-bond acceptors (Lipinski definition) is 5. The van der Waals surface area contributed by atoms with E-state index in [1.807, 2.05) is 12.1 Å². The fourth-order valence-corrected chi connectivity index (χ4v) is 3.51. The predicted octanol–water partition coefficient (Wildman–Crippen LogP) is 2.66. The maximum Gasteiger partial charge on any atom is 0.224 e. The van der Waals surface area contributed by atoms with Crippen LogP contribution in [0.5, 0.6) is 0 Å². The Balaban J connectivity index is 1.50. The maximum atomic E-state index is 12.6. The monoisotopic (exact) mass is 301 g/mol. The first-order chi connectivity index (χ1) is 10.7. The number of carbonyl (C=O) groups excluding carboxylic acids is 1. The summed E-state index contributed by atoms with van der Waals surface area (Å²) in [6.45, 7) is 1.77. The van der Waals surface area contributed by atoms with Crippen LogP contribution in [-0.4, -0.2) is 16.0 Å². The Kier molecular flexibility index (Phi) is 3.06. The molecule has 0 aliphatic heterocycles. The van der Waals surface area contributed by atoms with Crippen LogP contribution in [0.4, 0.5) is 0 Å². The van der Waals surface area contributed by atoms with Crippen LogP contribution in [0, 0.1) is 12.8 Å². The van der Waals surface area contributed by atoms with E-state index < -0.39 is 5.54 Å². The van der Waals surface area contributed by atoms with Crippen molar-refractivity contribution in [1.82, 2.24) is 15.5 Å². The normalized spacial score (nSPS) is 26.0. The van der Waals surface area contributed by atoms with E-state index in [-0.39, 0.29) is 17.7 Å². The van der Waals surface area contributed by atoms with Crippen LogP contribution in [0.1, 0.15) is 55.5 Å². The lowest BCUT2D eigenvalue weighted by atomic mass is 9.96. The number of aromatic nitrogens is 2. The average Bonchev–Trinajstić information content (AvgIpc) is 2.96. The largest absolute Gasteiger partial charge is 0.469 e. The van der Waals surface area contributed by atoms with Crippen molar-refractivity contribution in [1.29, 1.82) is 0 Å². The number of nitrogens with zero attached hydrogens (tertiary/aromatic N) is 2. The van der Waals surface area contributed by atoms with Gasteiger partial charge in [0.2, 0.25) is 11.8 Å². The van der Waals surface area contributed by atoms with Crippen molar-refractivity contribution in [2.75, 3.05) is 0 Å². The van der Waals surface area contributed by atoms with Crippen LogP contribution < -0.4 is 5.32 Å². The highest BCUT2D eigenvalue weighted by Crippen LogP contribution is 2.49. The van der Waals surface area contributed by atoms with Crippen molar-refractivity contribution in [3.05, 3.63) is 35.9 Å². The number of furan rings is 1. The minimum absolute atomic E-state index is 0.00313. The Bertz CT molecular complexity index is 671. The number of amides is 1. The summed E-state index contributed by atoms with van der Waals surface area (Å²) in [7, 11) is 0. The first-order valence-electron chi connectivity index (χ1n) is 7.84. The van der Waals surface area contributed by atoms with Gasteiger partial charge in [-0.05, 0) is 31.4 Å². The number of aryl methyl sites for hydroxylation is 1. The summed E-state index contributed by atoms with van der Waals surface area (Å²) in [5.74, 6) is 2.33. The van der Waals surface area contributed by atoms with Crippen LogP contribution in [-0.2, 0) is 10.3 Å². The highest BCUT2D eigenvalue weighted by Gasteiger charge is 2.49. The molecule has 0 unspecified atom stereocenters. The molecule has 2 aliphatic rings. The summed E-state index contributed by atoms with van der Waals surface area (Å²) >= 11 is 0. The van der Waals surface area contributed by atoms with Gasteiger partial charge in [-0.15, -0.1) is 0 Å². The number of hydrogen-bond donors (Lipinski definition) is 1. The van der Waals surface area contributed by atoms with E-state index in [9.17, 15) is 4.79 Å². The number of carbonyl (C=O) groups is 1. The van der Waals surface area contributed by atoms with Crippen LogP contribution >= 0.6 is 0 Å². The van der Waals surface area contributed by atoms with Gasteiger partial charge in [0.25, 0.3) is 0 Å². The fourth-order valence-electron chi connectivity index (χ4n) is 3.51. The lowest BCUT2D eigenvalue weighted by Gasteiger charge is -2.26. The minimum atomic E-state index is -0.453. The first-order valence-corrected chi connectivity index (χ1v) is 7.84. The SMILES string of the molecule is Cc1nc(C2(NC(=O)[C@H]3C[C@H]3c3ccco3)CCCC2)no1. The zero-order valence-electron chi connectivity index (χ0n) is 12.5. The molecule has 116 valence electrons. The lowest BCUT2D eigenvalue weighted by Crippen LogP contribution is -2.45. The van der Waals surface area contributed by atoms with Crippen molar-refractivity contribution < 1.29 is 13.7 Å². The van der Waals surface area contributed by atoms with E-state index in [0.717, 1.165) is 37.9 Å². The third-order valence-electron chi connectivity index (χ3n) is 4.81. The van der Waals surface area contributed by atoms with E-state index in [1.165, 1.54) is 0 Å². The van der Waals surface area contributed by atoms with Gasteiger partial charge in [0.05, 0.1) is 6.26 Å². The Morgan fingerprint density at radius 3 is 2.86 bits per heavy atom. The summed E-state index contributed by atoms with van der Waals surface area (Å²) in [6.07, 6.45) is 6.38. The van der Waals surface area contributed by atoms with E-state index in [2.05, 4.69) is 15.5 Å². The second kappa shape index (κ2) is 4.97. The van der Waals surface area contributed by atoms with E-state index >= 15 is 0 Å². The molecule has 2 heterocycles. The Hall–Kier alpha value is -2.11. The molecule has 2 aromatic rings. The molecular weight excluding hydrogens is 282 g/mol. The van der Waals surface area contributed by atoms with Crippen molar-refractivity contribution in [2.24, 2.45) is 5.92 Å². The molecule has 0 aromatic carbocycles. The molecule has 2 aromatic heterocycles. The Morgan fingerprint density at radius 2 is 2.23 bits per heavy atom. The van der Waals surface area contributed by atoms with E-state index in [0.29, 0.717) is 11.7 Å². The summed E-state index contributed by atoms with van der Waals surface area (Å²) in [5.41, 5.74) is -0.453. The summed E-state index contributed by atoms with van der Waals surface area (Å²) in [4.78, 5) is 17.0. The van der Waals surface area contributed by atoms with Gasteiger partial charge < -0.3 is 14.3 Å². The van der Waals surface area contributed by atoms with Crippen LogP contribution in [0.2, 0.25) is 0 Å². The van der Waals surface area contributed by atoms with Gasteiger partial charge in [0, 0.05) is 18.8 Å². The zero-order chi connectivity index (χ0) is 15.2. The highest BCUT2D eigenvalue weighted by atomic mass is 16.5. The Morgan fingerprint density at radius 1 is 1.41 bits per heavy atom. The van der Waals surface area contributed by atoms with Crippen LogP contribution in [0.3, 0.4) is 0 Å². The minimum Gasteiger partial charge on any atom is -0.469 e. The molecule has 2 saturated carbocycles. The van der Waals surface area contributed by atoms with Gasteiger partial charge in [0.1, 0.15) is 11.3 Å². The van der Waals surface area contributed by atoms with Gasteiger partial charge in [-0.3, -0.25) is 4.79 Å². The molecule has 2 atom stereocenters. The summed E-state index contributed by atoms with van der Waals surface area (Å²) < 4.78 is 10.5. The smallest absolute Gasteiger partial charge is 0.224 e. The lowest BCUT2D eigenvalue weighted by molar-refractivity contribution is -0.124. The molecule has 0 radical (unpaired) electrons. The van der Waals surface area contributed by atoms with Gasteiger partial charge in [-0.25, -0.2) is 0 Å². The molecule has 4 rings (SSSR count). The zero-order valence-corrected chi connectivity index (χ0v) is 12.5. The third kappa shape index (κ3) is 2.23. The van der Waals surface area contributed by atoms with Crippen LogP contribution in [0.25, 0.3) is 0 Å². The second-order valence-electron chi connectivity index (χ2n) is 6.38. The molecule has 6 heteroatoms. The summed E-state index contributed by atoms with van der Waals surface area (Å²) in [6, 6.07) is 3.80. The Labute approximate surface area is 128 Å². The summed E-state index contributed by atoms with van der Waals surface area (Å²) in [5, 5.41) is 7.26. The molecule has 2 fully saturated rings. The van der Waals surface area contributed by atoms with Gasteiger partial charge in [-0.2, -0.15) is 4.98 Å². The van der Waals surface area contributed by atoms with Gasteiger partial charge >= 0.3 is 0 Å². The average molecular weight is 301 g/mol. The molecule has 1 N–H and O–H groups in total. The molecule has 6 nitrogen and oxygen atoms in total. The first kappa shape index (κ1) is 13.5. The van der Waals surface area contributed by atoms with Crippen molar-refractivity contribution in [3.63, 3.8) is 0 Å². The fraction of sp³-hybridized carbons (Fsp3) is 0.562. The second-order valence-corrected chi connectivity index (χ2v) is 6.38. The van der Waals surface area contributed by atoms with E-state index in [4.69, 9.17) is 8.94 Å². The van der Waals surface area contributed by atoms with Crippen molar-refractivity contribution in [3.8, 4) is 0 Å². The highest BCUT2D eigenvalue weighted by molar-refractivity contribution is 5.83. The van der Waals surface area contributed by atoms with Crippen molar-refractivity contribution in [2.45, 2.75) is 50.5 Å². The topological polar surface area (TPSA) is 81.2 Å². The number of rotatable bonds is 4. The third-order valence-corrected chi connectivity index (χ3v) is 4.81. The molecule has 1 amide bonds. The number of nitrogens with one attached hydrogen (secondary N) is 1. The maximum absolute atomic E-state index is 12.6. The quantitative estimate of drug-likeness (QED) is 0.939. The molecule has 0 spiro atoms. The van der Waals surface area contributed by atoms with Gasteiger partial charge in [-0.1, -0.05) is 18.0 Å². The standard InChI is InChI=1S/C16H19N3O3/c1-10-17-15(19-22-10)16(6-2-3-7-16)18-14(20)12-9-11(12)13-5-4-8-21-13/h4-5,8,11-12H,2-3,6-7,9H2,1H3,(H,18,20)/t11-,12+/m1/s1. The van der Waals surface area contributed by atoms with Gasteiger partial charge in [0.15, 0.2) is 5.82 Å². The molecule has 22 heavy (non-hydrogen) atoms. The van der Waals surface area contributed by atoms with Crippen LogP contribution in [0.15, 0.2) is 27.3 Å². The predicted molar refractivity (Wildman–Crippen MR) is 76.9 cm³/mol. The molecule has 0 saturated heterocycles. The van der Waals surface area contributed by atoms with E-state index in [1.54, 1.807) is 13.2 Å². The van der Waals surface area contributed by atoms with Crippen molar-refractivity contribution >= 4 is 5.91 Å². The molecular formula is C16H19N3O3. The molecule has 0 bridgehead atoms. The molecule has 2 aliphatic carbocycles.